The van der Waals surface area contributed by atoms with Crippen LogP contribution < -0.4 is 0 Å². The van der Waals surface area contributed by atoms with Gasteiger partial charge in [0, 0.05) is 33.3 Å². The van der Waals surface area contributed by atoms with E-state index in [0.717, 1.165) is 33.2 Å². The lowest BCUT2D eigenvalue weighted by Gasteiger charge is -2.41. The zero-order valence-corrected chi connectivity index (χ0v) is 24.2. The van der Waals surface area contributed by atoms with Gasteiger partial charge in [-0.25, -0.2) is 0 Å². The molecule has 196 valence electrons. The molecule has 7 rings (SSSR count). The molecule has 39 heavy (non-hydrogen) atoms. The van der Waals surface area contributed by atoms with Crippen molar-refractivity contribution < 1.29 is 4.42 Å². The number of benzene rings is 4. The predicted octanol–water partition coefficient (Wildman–Crippen LogP) is 10.6. The Morgan fingerprint density at radius 2 is 1.41 bits per heavy atom. The average molecular weight is 512 g/mol. The van der Waals surface area contributed by atoms with Crippen LogP contribution in [0.2, 0.25) is 0 Å². The fourth-order valence-corrected chi connectivity index (χ4v) is 6.75. The Morgan fingerprint density at radius 1 is 0.692 bits per heavy atom. The van der Waals surface area contributed by atoms with Crippen LogP contribution in [0.5, 0.6) is 0 Å². The molecule has 0 saturated heterocycles. The van der Waals surface area contributed by atoms with Gasteiger partial charge in [0.05, 0.1) is 5.69 Å². The molecule has 0 saturated carbocycles. The second kappa shape index (κ2) is 7.94. The summed E-state index contributed by atoms with van der Waals surface area (Å²) < 4.78 is 6.70. The molecule has 0 spiro atoms. The maximum absolute atomic E-state index is 6.70. The summed E-state index contributed by atoms with van der Waals surface area (Å²) in [6.45, 7) is 16.4. The van der Waals surface area contributed by atoms with Crippen molar-refractivity contribution in [2.75, 3.05) is 0 Å². The molecule has 1 aliphatic rings. The van der Waals surface area contributed by atoms with E-state index >= 15 is 0 Å². The average Bonchev–Trinajstić information content (AvgIpc) is 3.27. The zero-order chi connectivity index (χ0) is 27.3. The van der Waals surface area contributed by atoms with Gasteiger partial charge in [-0.1, -0.05) is 78.8 Å². The van der Waals surface area contributed by atoms with Gasteiger partial charge in [-0.3, -0.25) is 4.98 Å². The lowest BCUT2D eigenvalue weighted by molar-refractivity contribution is 0.332. The molecule has 0 radical (unpaired) electrons. The van der Waals surface area contributed by atoms with E-state index in [2.05, 4.69) is 115 Å². The molecule has 0 fully saturated rings. The van der Waals surface area contributed by atoms with Crippen molar-refractivity contribution in [2.24, 2.45) is 0 Å². The van der Waals surface area contributed by atoms with Crippen LogP contribution in [0, 0.1) is 0 Å². The first-order chi connectivity index (χ1) is 18.4. The van der Waals surface area contributed by atoms with Gasteiger partial charge in [-0.05, 0) is 92.9 Å². The third kappa shape index (κ3) is 3.72. The molecule has 0 aliphatic heterocycles. The van der Waals surface area contributed by atoms with Crippen molar-refractivity contribution in [1.29, 1.82) is 0 Å². The zero-order valence-electron chi connectivity index (χ0n) is 24.2. The summed E-state index contributed by atoms with van der Waals surface area (Å²) in [7, 11) is 0. The first-order valence-electron chi connectivity index (χ1n) is 14.3. The molecule has 2 heteroatoms. The molecule has 4 aromatic carbocycles. The summed E-state index contributed by atoms with van der Waals surface area (Å²) >= 11 is 0. The highest BCUT2D eigenvalue weighted by Gasteiger charge is 2.37. The van der Waals surface area contributed by atoms with Gasteiger partial charge in [0.15, 0.2) is 0 Å². The van der Waals surface area contributed by atoms with Crippen LogP contribution in [0.15, 0.2) is 77.3 Å². The maximum atomic E-state index is 6.70. The number of hydrogen-bond donors (Lipinski definition) is 0. The van der Waals surface area contributed by atoms with Crippen molar-refractivity contribution in [1.82, 2.24) is 4.98 Å². The SMILES string of the molecule is CC(C)(C)c1cc(-c2cc3c(ccc4c5cc6c(cc5oc34)C(C)(C)CCC6(C)C)cn2)cc2ccccc12. The van der Waals surface area contributed by atoms with Crippen LogP contribution in [0.4, 0.5) is 0 Å². The van der Waals surface area contributed by atoms with Crippen LogP contribution in [0.1, 0.15) is 78.0 Å². The summed E-state index contributed by atoms with van der Waals surface area (Å²) in [5.41, 5.74) is 8.66. The third-order valence-electron chi connectivity index (χ3n) is 9.27. The second-order valence-corrected chi connectivity index (χ2v) is 14.0. The lowest BCUT2D eigenvalue weighted by atomic mass is 9.63. The Bertz CT molecular complexity index is 1940. The Morgan fingerprint density at radius 3 is 2.15 bits per heavy atom. The minimum atomic E-state index is 0.0269. The summed E-state index contributed by atoms with van der Waals surface area (Å²) in [4.78, 5) is 4.93. The van der Waals surface area contributed by atoms with E-state index in [0.29, 0.717) is 0 Å². The molecule has 0 amide bonds. The van der Waals surface area contributed by atoms with Crippen molar-refractivity contribution in [3.8, 4) is 11.3 Å². The number of rotatable bonds is 1. The molecule has 0 bridgehead atoms. The normalized spacial score (nSPS) is 16.8. The van der Waals surface area contributed by atoms with Gasteiger partial charge >= 0.3 is 0 Å². The molecule has 0 atom stereocenters. The Labute approximate surface area is 231 Å². The smallest absolute Gasteiger partial charge is 0.143 e. The number of hydrogen-bond acceptors (Lipinski definition) is 2. The monoisotopic (exact) mass is 511 g/mol. The van der Waals surface area contributed by atoms with E-state index in [1.54, 1.807) is 0 Å². The van der Waals surface area contributed by atoms with E-state index in [4.69, 9.17) is 9.40 Å². The molecule has 6 aromatic rings. The summed E-state index contributed by atoms with van der Waals surface area (Å²) in [5.74, 6) is 0. The summed E-state index contributed by atoms with van der Waals surface area (Å²) in [6, 6.07) is 24.7. The van der Waals surface area contributed by atoms with Crippen molar-refractivity contribution in [2.45, 2.75) is 77.6 Å². The molecular formula is C37H37NO. The fraction of sp³-hybridized carbons (Fsp3) is 0.324. The van der Waals surface area contributed by atoms with Gasteiger partial charge in [-0.2, -0.15) is 0 Å². The molecule has 0 N–H and O–H groups in total. The quantitative estimate of drug-likeness (QED) is 0.219. The number of nitrogens with zero attached hydrogens (tertiary/aromatic N) is 1. The van der Waals surface area contributed by atoms with Gasteiger partial charge in [0.2, 0.25) is 0 Å². The Kier molecular flexibility index (Phi) is 4.97. The van der Waals surface area contributed by atoms with E-state index in [1.807, 2.05) is 6.20 Å². The fourth-order valence-electron chi connectivity index (χ4n) is 6.75. The maximum Gasteiger partial charge on any atom is 0.143 e. The first kappa shape index (κ1) is 24.4. The van der Waals surface area contributed by atoms with Crippen LogP contribution >= 0.6 is 0 Å². The molecule has 2 nitrogen and oxygen atoms in total. The Balaban J connectivity index is 1.48. The topological polar surface area (TPSA) is 26.0 Å². The lowest BCUT2D eigenvalue weighted by Crippen LogP contribution is -2.33. The molecular weight excluding hydrogens is 474 g/mol. The van der Waals surface area contributed by atoms with E-state index in [-0.39, 0.29) is 16.2 Å². The highest BCUT2D eigenvalue weighted by molar-refractivity contribution is 6.15. The van der Waals surface area contributed by atoms with E-state index in [9.17, 15) is 0 Å². The molecule has 1 aliphatic carbocycles. The Hall–Kier alpha value is -3.65. The third-order valence-corrected chi connectivity index (χ3v) is 9.27. The van der Waals surface area contributed by atoms with Crippen molar-refractivity contribution in [3.63, 3.8) is 0 Å². The van der Waals surface area contributed by atoms with Crippen LogP contribution in [0.25, 0.3) is 54.7 Å². The highest BCUT2D eigenvalue weighted by atomic mass is 16.3. The van der Waals surface area contributed by atoms with E-state index in [1.165, 1.54) is 51.1 Å². The minimum Gasteiger partial charge on any atom is -0.455 e. The highest BCUT2D eigenvalue weighted by Crippen LogP contribution is 2.48. The number of pyridine rings is 1. The summed E-state index contributed by atoms with van der Waals surface area (Å²) in [5, 5.41) is 7.19. The van der Waals surface area contributed by atoms with Gasteiger partial charge < -0.3 is 4.42 Å². The van der Waals surface area contributed by atoms with E-state index < -0.39 is 0 Å². The van der Waals surface area contributed by atoms with Crippen LogP contribution in [-0.4, -0.2) is 4.98 Å². The molecule has 2 aromatic heterocycles. The predicted molar refractivity (Wildman–Crippen MR) is 166 cm³/mol. The largest absolute Gasteiger partial charge is 0.455 e. The molecule has 2 heterocycles. The van der Waals surface area contributed by atoms with Crippen LogP contribution in [-0.2, 0) is 16.2 Å². The number of aromatic nitrogens is 1. The van der Waals surface area contributed by atoms with Crippen molar-refractivity contribution in [3.05, 3.63) is 89.6 Å². The second-order valence-electron chi connectivity index (χ2n) is 14.0. The summed E-state index contributed by atoms with van der Waals surface area (Å²) in [6.07, 6.45) is 4.40. The van der Waals surface area contributed by atoms with Gasteiger partial charge in [0.25, 0.3) is 0 Å². The minimum absolute atomic E-state index is 0.0269. The molecule has 0 unspecified atom stereocenters. The first-order valence-corrected chi connectivity index (χ1v) is 14.3. The van der Waals surface area contributed by atoms with Gasteiger partial charge in [0.1, 0.15) is 11.2 Å². The number of furan rings is 1. The van der Waals surface area contributed by atoms with Crippen molar-refractivity contribution >= 4 is 43.5 Å². The van der Waals surface area contributed by atoms with Gasteiger partial charge in [-0.15, -0.1) is 0 Å². The number of fused-ring (bicyclic) bond motifs is 7. The van der Waals surface area contributed by atoms with Crippen LogP contribution in [0.3, 0.4) is 0 Å². The standard InChI is InChI=1S/C37H37NO/c1-35(2,3)29-17-24(16-22-10-8-9-11-25(22)29)32-19-27-23(21-38-32)12-13-26-28-18-30-31(20-33(28)39-34(26)27)37(6,7)15-14-36(30,4)5/h8-13,16-21H,14-15H2,1-7H3.